The summed E-state index contributed by atoms with van der Waals surface area (Å²) < 4.78 is 5.26. The van der Waals surface area contributed by atoms with Crippen LogP contribution >= 0.6 is 0 Å². The van der Waals surface area contributed by atoms with Crippen molar-refractivity contribution in [3.63, 3.8) is 0 Å². The van der Waals surface area contributed by atoms with E-state index >= 15 is 0 Å². The molecule has 0 saturated heterocycles. The number of amides is 1. The van der Waals surface area contributed by atoms with Crippen LogP contribution in [-0.2, 0) is 15.1 Å². The van der Waals surface area contributed by atoms with Crippen molar-refractivity contribution in [3.8, 4) is 0 Å². The molecule has 1 atom stereocenters. The quantitative estimate of drug-likeness (QED) is 0.873. The van der Waals surface area contributed by atoms with Gasteiger partial charge in [0.1, 0.15) is 5.60 Å². The molecule has 116 valence electrons. The van der Waals surface area contributed by atoms with Crippen molar-refractivity contribution in [2.75, 3.05) is 0 Å². The molecular formula is C16H23NO4. The first-order chi connectivity index (χ1) is 9.68. The minimum atomic E-state index is -0.977. The largest absolute Gasteiger partial charge is 0.481 e. The van der Waals surface area contributed by atoms with E-state index in [-0.39, 0.29) is 6.42 Å². The van der Waals surface area contributed by atoms with Gasteiger partial charge in [-0.1, -0.05) is 37.3 Å². The molecule has 0 heterocycles. The number of nitrogens with one attached hydrogen (secondary N) is 1. The Bertz CT molecular complexity index is 493. The first kappa shape index (κ1) is 17.0. The lowest BCUT2D eigenvalue weighted by molar-refractivity contribution is -0.138. The van der Waals surface area contributed by atoms with Gasteiger partial charge in [0.15, 0.2) is 0 Å². The molecule has 0 aliphatic rings. The lowest BCUT2D eigenvalue weighted by Crippen LogP contribution is -2.48. The smallest absolute Gasteiger partial charge is 0.408 e. The zero-order valence-electron chi connectivity index (χ0n) is 13.0. The molecule has 1 aromatic carbocycles. The maximum absolute atomic E-state index is 12.1. The normalized spacial score (nSPS) is 14.1. The van der Waals surface area contributed by atoms with Crippen molar-refractivity contribution >= 4 is 12.1 Å². The average molecular weight is 293 g/mol. The van der Waals surface area contributed by atoms with E-state index in [4.69, 9.17) is 4.74 Å². The Morgan fingerprint density at radius 2 is 1.76 bits per heavy atom. The number of alkyl carbamates (subject to hydrolysis) is 1. The number of carbonyl (C=O) groups is 2. The van der Waals surface area contributed by atoms with E-state index < -0.39 is 23.2 Å². The van der Waals surface area contributed by atoms with Crippen LogP contribution in [0.2, 0.25) is 0 Å². The molecular weight excluding hydrogens is 270 g/mol. The Labute approximate surface area is 125 Å². The summed E-state index contributed by atoms with van der Waals surface area (Å²) >= 11 is 0. The van der Waals surface area contributed by atoms with Gasteiger partial charge >= 0.3 is 12.1 Å². The highest BCUT2D eigenvalue weighted by atomic mass is 16.6. The summed E-state index contributed by atoms with van der Waals surface area (Å²) in [7, 11) is 0. The van der Waals surface area contributed by atoms with Crippen LogP contribution < -0.4 is 5.32 Å². The number of ether oxygens (including phenoxy) is 1. The first-order valence-corrected chi connectivity index (χ1v) is 6.97. The molecule has 0 saturated carbocycles. The summed E-state index contributed by atoms with van der Waals surface area (Å²) in [5.74, 6) is -0.975. The van der Waals surface area contributed by atoms with E-state index in [1.807, 2.05) is 37.3 Å². The molecule has 0 fully saturated rings. The van der Waals surface area contributed by atoms with Gasteiger partial charge in [0.2, 0.25) is 0 Å². The highest BCUT2D eigenvalue weighted by Gasteiger charge is 2.36. The number of carboxylic acids is 1. The molecule has 2 N–H and O–H groups in total. The van der Waals surface area contributed by atoms with Gasteiger partial charge < -0.3 is 15.2 Å². The average Bonchev–Trinajstić information content (AvgIpc) is 2.36. The maximum Gasteiger partial charge on any atom is 0.408 e. The number of carboxylic acid groups (broad SMARTS) is 1. The second-order valence-corrected chi connectivity index (χ2v) is 6.00. The van der Waals surface area contributed by atoms with Crippen molar-refractivity contribution in [1.29, 1.82) is 0 Å². The van der Waals surface area contributed by atoms with Crippen LogP contribution in [0.25, 0.3) is 0 Å². The second-order valence-electron chi connectivity index (χ2n) is 6.00. The Kier molecular flexibility index (Phi) is 5.35. The van der Waals surface area contributed by atoms with Gasteiger partial charge in [0.25, 0.3) is 0 Å². The first-order valence-electron chi connectivity index (χ1n) is 6.97. The van der Waals surface area contributed by atoms with Gasteiger partial charge in [0, 0.05) is 0 Å². The second kappa shape index (κ2) is 6.61. The van der Waals surface area contributed by atoms with E-state index in [1.54, 1.807) is 20.8 Å². The van der Waals surface area contributed by atoms with Crippen molar-refractivity contribution < 1.29 is 19.4 Å². The van der Waals surface area contributed by atoms with E-state index in [0.29, 0.717) is 6.42 Å². The third-order valence-electron chi connectivity index (χ3n) is 3.12. The monoisotopic (exact) mass is 293 g/mol. The standard InChI is InChI=1S/C16H23NO4/c1-5-16(11-13(18)19,12-9-7-6-8-10-12)17-14(20)21-15(2,3)4/h6-10H,5,11H2,1-4H3,(H,17,20)(H,18,19)/t16-/m0/s1. The number of hydrogen-bond acceptors (Lipinski definition) is 3. The van der Waals surface area contributed by atoms with Crippen LogP contribution in [-0.4, -0.2) is 22.8 Å². The molecule has 0 radical (unpaired) electrons. The summed E-state index contributed by atoms with van der Waals surface area (Å²) in [6.07, 6.45) is -0.371. The number of aliphatic carboxylic acids is 1. The number of hydrogen-bond donors (Lipinski definition) is 2. The predicted molar refractivity (Wildman–Crippen MR) is 80.0 cm³/mol. The van der Waals surface area contributed by atoms with Crippen molar-refractivity contribution in [2.24, 2.45) is 0 Å². The molecule has 5 nitrogen and oxygen atoms in total. The Balaban J connectivity index is 3.07. The molecule has 0 aliphatic heterocycles. The van der Waals surface area contributed by atoms with Gasteiger partial charge in [-0.05, 0) is 32.8 Å². The van der Waals surface area contributed by atoms with Crippen LogP contribution in [0.1, 0.15) is 46.1 Å². The summed E-state index contributed by atoms with van der Waals surface area (Å²) in [4.78, 5) is 23.3. The van der Waals surface area contributed by atoms with Crippen molar-refractivity contribution in [3.05, 3.63) is 35.9 Å². The summed E-state index contributed by atoms with van der Waals surface area (Å²) in [5, 5.41) is 11.9. The third kappa shape index (κ3) is 5.10. The zero-order chi connectivity index (χ0) is 16.1. The van der Waals surface area contributed by atoms with Crippen molar-refractivity contribution in [1.82, 2.24) is 5.32 Å². The minimum Gasteiger partial charge on any atom is -0.481 e. The molecule has 21 heavy (non-hydrogen) atoms. The zero-order valence-corrected chi connectivity index (χ0v) is 13.0. The predicted octanol–water partition coefficient (Wildman–Crippen LogP) is 3.29. The highest BCUT2D eigenvalue weighted by molar-refractivity contribution is 5.73. The fourth-order valence-electron chi connectivity index (χ4n) is 2.15. The molecule has 1 aromatic rings. The SMILES string of the molecule is CC[C@@](CC(=O)O)(NC(=O)OC(C)(C)C)c1ccccc1. The topological polar surface area (TPSA) is 75.6 Å². The fraction of sp³-hybridized carbons (Fsp3) is 0.500. The van der Waals surface area contributed by atoms with Crippen LogP contribution in [0.5, 0.6) is 0 Å². The Morgan fingerprint density at radius 1 is 1.19 bits per heavy atom. The molecule has 5 heteroatoms. The van der Waals surface area contributed by atoms with Crippen LogP contribution in [0.4, 0.5) is 4.79 Å². The van der Waals surface area contributed by atoms with Crippen LogP contribution in [0.15, 0.2) is 30.3 Å². The van der Waals surface area contributed by atoms with E-state index in [9.17, 15) is 14.7 Å². The van der Waals surface area contributed by atoms with E-state index in [1.165, 1.54) is 0 Å². The fourth-order valence-corrected chi connectivity index (χ4v) is 2.15. The lowest BCUT2D eigenvalue weighted by atomic mass is 9.84. The molecule has 0 spiro atoms. The van der Waals surface area contributed by atoms with Crippen molar-refractivity contribution in [2.45, 2.75) is 51.7 Å². The molecule has 0 bridgehead atoms. The molecule has 0 aromatic heterocycles. The molecule has 1 amide bonds. The van der Waals surface area contributed by atoms with E-state index in [2.05, 4.69) is 5.32 Å². The van der Waals surface area contributed by atoms with Gasteiger partial charge in [-0.2, -0.15) is 0 Å². The van der Waals surface area contributed by atoms with Gasteiger partial charge in [-0.25, -0.2) is 4.79 Å². The Hall–Kier alpha value is -2.04. The summed E-state index contributed by atoms with van der Waals surface area (Å²) in [5.41, 5.74) is -0.861. The summed E-state index contributed by atoms with van der Waals surface area (Å²) in [6.45, 7) is 7.13. The Morgan fingerprint density at radius 3 is 2.19 bits per heavy atom. The van der Waals surface area contributed by atoms with Gasteiger partial charge in [-0.3, -0.25) is 4.79 Å². The number of carbonyl (C=O) groups excluding carboxylic acids is 1. The van der Waals surface area contributed by atoms with Gasteiger partial charge in [-0.15, -0.1) is 0 Å². The molecule has 1 rings (SSSR count). The van der Waals surface area contributed by atoms with E-state index in [0.717, 1.165) is 5.56 Å². The van der Waals surface area contributed by atoms with Crippen LogP contribution in [0.3, 0.4) is 0 Å². The third-order valence-corrected chi connectivity index (χ3v) is 3.12. The number of benzene rings is 1. The highest BCUT2D eigenvalue weighted by Crippen LogP contribution is 2.29. The number of rotatable bonds is 5. The molecule has 0 unspecified atom stereocenters. The minimum absolute atomic E-state index is 0.202. The lowest BCUT2D eigenvalue weighted by Gasteiger charge is -2.34. The molecule has 0 aliphatic carbocycles. The maximum atomic E-state index is 12.1. The summed E-state index contributed by atoms with van der Waals surface area (Å²) in [6, 6.07) is 9.10. The van der Waals surface area contributed by atoms with Crippen LogP contribution in [0, 0.1) is 0 Å². The van der Waals surface area contributed by atoms with Gasteiger partial charge in [0.05, 0.1) is 12.0 Å².